The fourth-order valence-corrected chi connectivity index (χ4v) is 2.50. The molecule has 5 N–H and O–H groups in total. The highest BCUT2D eigenvalue weighted by Gasteiger charge is 2.14. The molecule has 1 atom stereocenters. The lowest BCUT2D eigenvalue weighted by atomic mass is 10.1. The van der Waals surface area contributed by atoms with Gasteiger partial charge in [-0.05, 0) is 42.7 Å². The maximum absolute atomic E-state index is 14.3. The van der Waals surface area contributed by atoms with Crippen LogP contribution in [0.1, 0.15) is 11.1 Å². The second kappa shape index (κ2) is 6.29. The van der Waals surface area contributed by atoms with Crippen molar-refractivity contribution in [1.82, 2.24) is 9.97 Å². The van der Waals surface area contributed by atoms with Crippen molar-refractivity contribution in [3.05, 3.63) is 53.6 Å². The molecular formula is C17H17FN4O2. The number of benzene rings is 1. The fourth-order valence-electron chi connectivity index (χ4n) is 2.50. The van der Waals surface area contributed by atoms with Crippen molar-refractivity contribution >= 4 is 16.9 Å². The Balaban J connectivity index is 1.87. The highest BCUT2D eigenvalue weighted by molar-refractivity contribution is 5.86. The van der Waals surface area contributed by atoms with Gasteiger partial charge in [-0.3, -0.25) is 4.79 Å². The number of aromatic nitrogens is 2. The van der Waals surface area contributed by atoms with Crippen molar-refractivity contribution in [1.29, 1.82) is 0 Å². The van der Waals surface area contributed by atoms with Crippen molar-refractivity contribution in [2.45, 2.75) is 19.4 Å². The van der Waals surface area contributed by atoms with Gasteiger partial charge in [0, 0.05) is 12.4 Å². The van der Waals surface area contributed by atoms with E-state index in [1.807, 2.05) is 13.1 Å². The van der Waals surface area contributed by atoms with Crippen LogP contribution in [0.5, 0.6) is 11.5 Å². The number of aromatic amines is 1. The maximum atomic E-state index is 14.3. The van der Waals surface area contributed by atoms with E-state index in [2.05, 4.69) is 9.97 Å². The molecule has 0 saturated carbocycles. The highest BCUT2D eigenvalue weighted by Crippen LogP contribution is 2.32. The second-order valence-corrected chi connectivity index (χ2v) is 5.58. The number of H-pyrrole nitrogens is 1. The van der Waals surface area contributed by atoms with Crippen molar-refractivity contribution in [2.75, 3.05) is 0 Å². The Labute approximate surface area is 137 Å². The molecule has 1 aromatic carbocycles. The molecule has 124 valence electrons. The third-order valence-electron chi connectivity index (χ3n) is 3.77. The fraction of sp³-hybridized carbons (Fsp3) is 0.176. The van der Waals surface area contributed by atoms with Gasteiger partial charge in [0.05, 0.1) is 11.4 Å². The minimum atomic E-state index is -0.849. The molecule has 0 fully saturated rings. The first-order chi connectivity index (χ1) is 11.5. The van der Waals surface area contributed by atoms with E-state index in [0.717, 1.165) is 10.9 Å². The van der Waals surface area contributed by atoms with E-state index in [4.69, 9.17) is 16.2 Å². The van der Waals surface area contributed by atoms with Gasteiger partial charge < -0.3 is 21.2 Å². The number of halogens is 1. The number of carbonyl (C=O) groups excluding carboxylic acids is 1. The Morgan fingerprint density at radius 2 is 2.17 bits per heavy atom. The molecule has 2 aromatic heterocycles. The molecule has 0 bridgehead atoms. The van der Waals surface area contributed by atoms with Crippen LogP contribution < -0.4 is 16.2 Å². The number of hydrogen-bond donors (Lipinski definition) is 3. The summed E-state index contributed by atoms with van der Waals surface area (Å²) < 4.78 is 20.0. The van der Waals surface area contributed by atoms with Crippen LogP contribution in [0.3, 0.4) is 0 Å². The first-order valence-corrected chi connectivity index (χ1v) is 7.39. The minimum Gasteiger partial charge on any atom is -0.453 e. The smallest absolute Gasteiger partial charge is 0.234 e. The topological polar surface area (TPSA) is 107 Å². The Hall–Kier alpha value is -2.93. The number of aryl methyl sites for hydroxylation is 1. The minimum absolute atomic E-state index is 0.0829. The number of rotatable bonds is 5. The maximum Gasteiger partial charge on any atom is 0.234 e. The molecule has 0 aliphatic carbocycles. The summed E-state index contributed by atoms with van der Waals surface area (Å²) in [7, 11) is 0. The number of nitrogens with one attached hydrogen (secondary N) is 1. The molecular weight excluding hydrogens is 311 g/mol. The predicted octanol–water partition coefficient (Wildman–Crippen LogP) is 2.16. The average Bonchev–Trinajstić information content (AvgIpc) is 2.92. The lowest BCUT2D eigenvalue weighted by Crippen LogP contribution is -2.38. The lowest BCUT2D eigenvalue weighted by Gasteiger charge is -2.11. The Kier molecular flexibility index (Phi) is 4.18. The van der Waals surface area contributed by atoms with Crippen LogP contribution in [0, 0.1) is 12.7 Å². The molecule has 2 heterocycles. The number of primary amides is 1. The monoisotopic (exact) mass is 328 g/mol. The van der Waals surface area contributed by atoms with Crippen molar-refractivity contribution in [3.8, 4) is 11.5 Å². The zero-order valence-electron chi connectivity index (χ0n) is 13.0. The van der Waals surface area contributed by atoms with Gasteiger partial charge in [-0.1, -0.05) is 6.07 Å². The second-order valence-electron chi connectivity index (χ2n) is 5.58. The van der Waals surface area contributed by atoms with Gasteiger partial charge in [-0.2, -0.15) is 0 Å². The Morgan fingerprint density at radius 3 is 2.88 bits per heavy atom. The summed E-state index contributed by atoms with van der Waals surface area (Å²) in [5.74, 6) is -0.570. The normalized spacial score (nSPS) is 12.3. The zero-order valence-corrected chi connectivity index (χ0v) is 13.0. The molecule has 0 saturated heterocycles. The standard InChI is InChI=1S/C17H17FN4O2/c1-9-8-22-17-15(9)14(4-5-21-17)24-13-3-2-10(6-11(13)18)7-12(19)16(20)23/h2-6,8,12H,7,19H2,1H3,(H2,20,23)(H,21,22)/t12-/m0/s1. The van der Waals surface area contributed by atoms with Gasteiger partial charge in [-0.25, -0.2) is 9.37 Å². The molecule has 24 heavy (non-hydrogen) atoms. The van der Waals surface area contributed by atoms with Crippen LogP contribution in [0.4, 0.5) is 4.39 Å². The molecule has 7 heteroatoms. The van der Waals surface area contributed by atoms with Crippen LogP contribution in [-0.4, -0.2) is 21.9 Å². The Bertz CT molecular complexity index is 907. The summed E-state index contributed by atoms with van der Waals surface area (Å²) in [6.07, 6.45) is 3.57. The number of carbonyl (C=O) groups is 1. The average molecular weight is 328 g/mol. The first kappa shape index (κ1) is 15.9. The predicted molar refractivity (Wildman–Crippen MR) is 88.2 cm³/mol. The molecule has 3 aromatic rings. The third kappa shape index (κ3) is 3.07. The van der Waals surface area contributed by atoms with Crippen LogP contribution in [0.2, 0.25) is 0 Å². The van der Waals surface area contributed by atoms with Crippen molar-refractivity contribution in [2.24, 2.45) is 11.5 Å². The number of pyridine rings is 1. The SMILES string of the molecule is Cc1c[nH]c2nccc(Oc3ccc(C[C@H](N)C(N)=O)cc3F)c12. The van der Waals surface area contributed by atoms with Crippen LogP contribution in [0.15, 0.2) is 36.7 Å². The number of ether oxygens (including phenoxy) is 1. The summed E-state index contributed by atoms with van der Waals surface area (Å²) in [4.78, 5) is 18.2. The van der Waals surface area contributed by atoms with Crippen LogP contribution >= 0.6 is 0 Å². The Morgan fingerprint density at radius 1 is 1.38 bits per heavy atom. The van der Waals surface area contributed by atoms with E-state index in [1.165, 1.54) is 12.1 Å². The number of nitrogens with two attached hydrogens (primary N) is 2. The van der Waals surface area contributed by atoms with Gasteiger partial charge in [0.1, 0.15) is 11.4 Å². The van der Waals surface area contributed by atoms with Crippen LogP contribution in [0.25, 0.3) is 11.0 Å². The van der Waals surface area contributed by atoms with E-state index in [-0.39, 0.29) is 12.2 Å². The van der Waals surface area contributed by atoms with E-state index in [9.17, 15) is 9.18 Å². The quantitative estimate of drug-likeness (QED) is 0.667. The summed E-state index contributed by atoms with van der Waals surface area (Å²) in [5.41, 5.74) is 12.9. The summed E-state index contributed by atoms with van der Waals surface area (Å²) in [6.45, 7) is 1.91. The van der Waals surface area contributed by atoms with E-state index in [0.29, 0.717) is 17.0 Å². The van der Waals surface area contributed by atoms with E-state index < -0.39 is 17.8 Å². The molecule has 6 nitrogen and oxygen atoms in total. The molecule has 1 amide bonds. The van der Waals surface area contributed by atoms with Crippen molar-refractivity contribution < 1.29 is 13.9 Å². The van der Waals surface area contributed by atoms with E-state index >= 15 is 0 Å². The van der Waals surface area contributed by atoms with Crippen LogP contribution in [-0.2, 0) is 11.2 Å². The number of amides is 1. The molecule has 0 spiro atoms. The summed E-state index contributed by atoms with van der Waals surface area (Å²) in [6, 6.07) is 5.29. The number of hydrogen-bond acceptors (Lipinski definition) is 4. The molecule has 3 rings (SSSR count). The van der Waals surface area contributed by atoms with Crippen molar-refractivity contribution in [3.63, 3.8) is 0 Å². The third-order valence-corrected chi connectivity index (χ3v) is 3.77. The van der Waals surface area contributed by atoms with E-state index in [1.54, 1.807) is 18.3 Å². The highest BCUT2D eigenvalue weighted by atomic mass is 19.1. The largest absolute Gasteiger partial charge is 0.453 e. The zero-order chi connectivity index (χ0) is 17.3. The lowest BCUT2D eigenvalue weighted by molar-refractivity contribution is -0.119. The number of nitrogens with zero attached hydrogens (tertiary/aromatic N) is 1. The van der Waals surface area contributed by atoms with Gasteiger partial charge in [0.15, 0.2) is 11.6 Å². The van der Waals surface area contributed by atoms with Gasteiger partial charge in [0.2, 0.25) is 5.91 Å². The van der Waals surface area contributed by atoms with Gasteiger partial charge >= 0.3 is 0 Å². The first-order valence-electron chi connectivity index (χ1n) is 7.39. The van der Waals surface area contributed by atoms with Gasteiger partial charge in [0.25, 0.3) is 0 Å². The summed E-state index contributed by atoms with van der Waals surface area (Å²) in [5, 5.41) is 0.803. The molecule has 0 unspecified atom stereocenters. The molecule has 0 aliphatic heterocycles. The summed E-state index contributed by atoms with van der Waals surface area (Å²) >= 11 is 0. The number of fused-ring (bicyclic) bond motifs is 1. The molecule has 0 aliphatic rings. The van der Waals surface area contributed by atoms with Gasteiger partial charge in [-0.15, -0.1) is 0 Å². The molecule has 0 radical (unpaired) electrons.